The summed E-state index contributed by atoms with van der Waals surface area (Å²) in [5.41, 5.74) is 13.8. The van der Waals surface area contributed by atoms with Crippen LogP contribution in [0.1, 0.15) is 38.3 Å². The molecule has 9 heteroatoms. The number of nitrogens with one attached hydrogen (secondary N) is 2. The molecule has 3 heterocycles. The number of nitrogens with two attached hydrogens (primary N) is 2. The van der Waals surface area contributed by atoms with E-state index in [1.807, 2.05) is 16.9 Å². The average Bonchev–Trinajstić information content (AvgIpc) is 3.13. The normalized spacial score (nSPS) is 13.0. The second-order valence-corrected chi connectivity index (χ2v) is 6.03. The maximum absolute atomic E-state index is 5.90. The maximum Gasteiger partial charge on any atom is 0.224 e. The van der Waals surface area contributed by atoms with Crippen LogP contribution in [0.2, 0.25) is 0 Å². The summed E-state index contributed by atoms with van der Waals surface area (Å²) < 4.78 is 1.97. The molecule has 1 atom stereocenters. The number of nitrogen functional groups attached to an aromatic ring is 2. The van der Waals surface area contributed by atoms with Crippen LogP contribution in [0, 0.1) is 5.92 Å². The second kappa shape index (κ2) is 6.44. The Balaban J connectivity index is 1.87. The number of imidazole rings is 1. The molecule has 0 saturated heterocycles. The number of nitrogens with zero attached hydrogens (tertiary/aromatic N) is 5. The molecule has 0 amide bonds. The van der Waals surface area contributed by atoms with Crippen LogP contribution in [0.3, 0.4) is 0 Å². The van der Waals surface area contributed by atoms with Gasteiger partial charge in [-0.15, -0.1) is 0 Å². The van der Waals surface area contributed by atoms with Crippen LogP contribution in [0.5, 0.6) is 0 Å². The molecule has 9 nitrogen and oxygen atoms in total. The van der Waals surface area contributed by atoms with Gasteiger partial charge in [-0.05, 0) is 18.9 Å². The Morgan fingerprint density at radius 2 is 2.04 bits per heavy atom. The fourth-order valence-corrected chi connectivity index (χ4v) is 2.76. The van der Waals surface area contributed by atoms with Crippen molar-refractivity contribution >= 4 is 22.9 Å². The lowest BCUT2D eigenvalue weighted by Crippen LogP contribution is -2.27. The van der Waals surface area contributed by atoms with Crippen LogP contribution in [0.15, 0.2) is 12.3 Å². The SMILES string of the molecule is CCn1nccc1CNC(c1nc2nc(N)nc(N)c2[nH]1)C(C)C. The summed E-state index contributed by atoms with van der Waals surface area (Å²) in [4.78, 5) is 15.9. The van der Waals surface area contributed by atoms with Crippen molar-refractivity contribution in [1.29, 1.82) is 0 Å². The van der Waals surface area contributed by atoms with Gasteiger partial charge in [0.2, 0.25) is 5.95 Å². The van der Waals surface area contributed by atoms with Crippen molar-refractivity contribution < 1.29 is 0 Å². The van der Waals surface area contributed by atoms with Gasteiger partial charge in [-0.2, -0.15) is 15.1 Å². The molecule has 128 valence electrons. The van der Waals surface area contributed by atoms with E-state index in [-0.39, 0.29) is 12.0 Å². The number of hydrogen-bond acceptors (Lipinski definition) is 7. The minimum absolute atomic E-state index is 0.0139. The smallest absolute Gasteiger partial charge is 0.224 e. The van der Waals surface area contributed by atoms with Gasteiger partial charge in [0, 0.05) is 19.3 Å². The first-order valence-corrected chi connectivity index (χ1v) is 8.02. The van der Waals surface area contributed by atoms with Gasteiger partial charge in [0.15, 0.2) is 11.5 Å². The molecule has 0 spiro atoms. The zero-order valence-corrected chi connectivity index (χ0v) is 14.1. The number of fused-ring (bicyclic) bond motifs is 1. The van der Waals surface area contributed by atoms with Gasteiger partial charge in [0.1, 0.15) is 11.3 Å². The molecule has 24 heavy (non-hydrogen) atoms. The Morgan fingerprint density at radius 1 is 1.25 bits per heavy atom. The van der Waals surface area contributed by atoms with Gasteiger partial charge in [-0.1, -0.05) is 13.8 Å². The summed E-state index contributed by atoms with van der Waals surface area (Å²) in [5, 5.41) is 7.82. The van der Waals surface area contributed by atoms with Crippen LogP contribution in [0.25, 0.3) is 11.2 Å². The third-order valence-corrected chi connectivity index (χ3v) is 3.98. The lowest BCUT2D eigenvalue weighted by molar-refractivity contribution is 0.388. The molecule has 0 radical (unpaired) electrons. The molecule has 0 aliphatic rings. The van der Waals surface area contributed by atoms with Crippen LogP contribution < -0.4 is 16.8 Å². The second-order valence-electron chi connectivity index (χ2n) is 6.03. The number of H-pyrrole nitrogens is 1. The summed E-state index contributed by atoms with van der Waals surface area (Å²) in [7, 11) is 0. The Bertz CT molecular complexity index is 833. The minimum atomic E-state index is 0.0139. The summed E-state index contributed by atoms with van der Waals surface area (Å²) in [6.07, 6.45) is 1.81. The first-order valence-electron chi connectivity index (χ1n) is 8.02. The molecule has 6 N–H and O–H groups in total. The molecule has 3 rings (SSSR count). The van der Waals surface area contributed by atoms with E-state index >= 15 is 0 Å². The summed E-state index contributed by atoms with van der Waals surface area (Å²) in [5.74, 6) is 1.52. The van der Waals surface area contributed by atoms with Crippen molar-refractivity contribution in [1.82, 2.24) is 35.0 Å². The Hall–Kier alpha value is -2.68. The highest BCUT2D eigenvalue weighted by Crippen LogP contribution is 2.24. The van der Waals surface area contributed by atoms with Crippen molar-refractivity contribution in [2.75, 3.05) is 11.5 Å². The molecule has 0 aliphatic carbocycles. The van der Waals surface area contributed by atoms with E-state index in [0.717, 1.165) is 18.1 Å². The Kier molecular flexibility index (Phi) is 4.34. The summed E-state index contributed by atoms with van der Waals surface area (Å²) in [6, 6.07) is 2.02. The Morgan fingerprint density at radius 3 is 2.75 bits per heavy atom. The van der Waals surface area contributed by atoms with Gasteiger partial charge in [-0.25, -0.2) is 4.98 Å². The standard InChI is InChI=1S/C15H23N9/c1-4-24-9(5-6-19-24)7-18-10(8(2)3)13-20-11-12(16)21-15(17)23-14(11)22-13/h5-6,8,10,18H,4,7H2,1-3H3,(H5,16,17,20,21,22,23). The monoisotopic (exact) mass is 329 g/mol. The van der Waals surface area contributed by atoms with Gasteiger partial charge in [0.25, 0.3) is 0 Å². The van der Waals surface area contributed by atoms with Gasteiger partial charge in [-0.3, -0.25) is 4.68 Å². The zero-order valence-electron chi connectivity index (χ0n) is 14.1. The average molecular weight is 329 g/mol. The fourth-order valence-electron chi connectivity index (χ4n) is 2.76. The number of aromatic nitrogens is 6. The van der Waals surface area contributed by atoms with Gasteiger partial charge in [0.05, 0.1) is 11.7 Å². The van der Waals surface area contributed by atoms with E-state index in [1.165, 1.54) is 0 Å². The number of hydrogen-bond donors (Lipinski definition) is 4. The van der Waals surface area contributed by atoms with Gasteiger partial charge >= 0.3 is 0 Å². The summed E-state index contributed by atoms with van der Waals surface area (Å²) in [6.45, 7) is 7.86. The molecule has 0 bridgehead atoms. The van der Waals surface area contributed by atoms with Crippen molar-refractivity contribution in [3.05, 3.63) is 23.8 Å². The largest absolute Gasteiger partial charge is 0.382 e. The molecular formula is C15H23N9. The van der Waals surface area contributed by atoms with Crippen LogP contribution in [-0.4, -0.2) is 29.7 Å². The third kappa shape index (κ3) is 3.02. The molecular weight excluding hydrogens is 306 g/mol. The number of rotatable bonds is 6. The lowest BCUT2D eigenvalue weighted by Gasteiger charge is -2.20. The third-order valence-electron chi connectivity index (χ3n) is 3.98. The number of aryl methyl sites for hydroxylation is 1. The van der Waals surface area contributed by atoms with Crippen LogP contribution in [-0.2, 0) is 13.1 Å². The van der Waals surface area contributed by atoms with Crippen molar-refractivity contribution in [3.8, 4) is 0 Å². The van der Waals surface area contributed by atoms with E-state index in [4.69, 9.17) is 11.5 Å². The first kappa shape index (κ1) is 16.2. The molecule has 0 aliphatic heterocycles. The highest BCUT2D eigenvalue weighted by Gasteiger charge is 2.21. The molecule has 3 aromatic rings. The maximum atomic E-state index is 5.90. The van der Waals surface area contributed by atoms with Crippen LogP contribution in [0.4, 0.5) is 11.8 Å². The minimum Gasteiger partial charge on any atom is -0.382 e. The van der Waals surface area contributed by atoms with E-state index in [2.05, 4.69) is 51.1 Å². The molecule has 0 saturated carbocycles. The predicted molar refractivity (Wildman–Crippen MR) is 92.8 cm³/mol. The van der Waals surface area contributed by atoms with E-state index in [9.17, 15) is 0 Å². The van der Waals surface area contributed by atoms with Crippen LogP contribution >= 0.6 is 0 Å². The lowest BCUT2D eigenvalue weighted by atomic mass is 10.0. The molecule has 3 aromatic heterocycles. The zero-order chi connectivity index (χ0) is 17.3. The van der Waals surface area contributed by atoms with Gasteiger partial charge < -0.3 is 21.8 Å². The quantitative estimate of drug-likeness (QED) is 0.533. The van der Waals surface area contributed by atoms with E-state index in [1.54, 1.807) is 0 Å². The van der Waals surface area contributed by atoms with E-state index in [0.29, 0.717) is 29.4 Å². The number of anilines is 2. The molecule has 0 fully saturated rings. The number of aromatic amines is 1. The molecule has 1 unspecified atom stereocenters. The summed E-state index contributed by atoms with van der Waals surface area (Å²) >= 11 is 0. The fraction of sp³-hybridized carbons (Fsp3) is 0.467. The first-order chi connectivity index (χ1) is 11.5. The van der Waals surface area contributed by atoms with Crippen molar-refractivity contribution in [3.63, 3.8) is 0 Å². The molecule has 0 aromatic carbocycles. The Labute approximate surface area is 139 Å². The van der Waals surface area contributed by atoms with Crippen molar-refractivity contribution in [2.24, 2.45) is 5.92 Å². The highest BCUT2D eigenvalue weighted by molar-refractivity contribution is 5.82. The topological polar surface area (TPSA) is 136 Å². The highest BCUT2D eigenvalue weighted by atomic mass is 15.3. The van der Waals surface area contributed by atoms with Crippen molar-refractivity contribution in [2.45, 2.75) is 39.9 Å². The van der Waals surface area contributed by atoms with E-state index < -0.39 is 0 Å². The predicted octanol–water partition coefficient (Wildman–Crippen LogP) is 1.22.